The summed E-state index contributed by atoms with van der Waals surface area (Å²) in [5, 5.41) is 6.91. The van der Waals surface area contributed by atoms with E-state index in [0.29, 0.717) is 12.6 Å². The van der Waals surface area contributed by atoms with E-state index in [-0.39, 0.29) is 30.0 Å². The highest BCUT2D eigenvalue weighted by molar-refractivity contribution is 14.0. The lowest BCUT2D eigenvalue weighted by Crippen LogP contribution is -2.51. The number of hydrogen-bond acceptors (Lipinski definition) is 3. The molecule has 138 valence electrons. The molecule has 2 unspecified atom stereocenters. The topological polar surface area (TPSA) is 48.9 Å². The van der Waals surface area contributed by atoms with E-state index in [1.165, 1.54) is 38.8 Å². The maximum atomic E-state index is 5.18. The first-order valence-corrected chi connectivity index (χ1v) is 8.86. The maximum absolute atomic E-state index is 5.18. The molecule has 0 saturated carbocycles. The number of halogens is 1. The summed E-state index contributed by atoms with van der Waals surface area (Å²) in [4.78, 5) is 7.00. The molecule has 1 fully saturated rings. The lowest BCUT2D eigenvalue weighted by Gasteiger charge is -2.34. The first-order valence-electron chi connectivity index (χ1n) is 8.86. The summed E-state index contributed by atoms with van der Waals surface area (Å²) in [5.41, 5.74) is 0. The lowest BCUT2D eigenvalue weighted by molar-refractivity contribution is 0.165. The van der Waals surface area contributed by atoms with Crippen molar-refractivity contribution in [3.8, 4) is 0 Å². The average molecular weight is 440 g/mol. The van der Waals surface area contributed by atoms with E-state index in [2.05, 4.69) is 41.3 Å². The van der Waals surface area contributed by atoms with Crippen molar-refractivity contribution in [2.45, 2.75) is 58.5 Å². The van der Waals surface area contributed by atoms with Crippen molar-refractivity contribution < 1.29 is 4.74 Å². The van der Waals surface area contributed by atoms with Crippen molar-refractivity contribution in [2.24, 2.45) is 10.9 Å². The highest BCUT2D eigenvalue weighted by Gasteiger charge is 2.27. The number of ether oxygens (including phenoxy) is 1. The Morgan fingerprint density at radius 3 is 2.30 bits per heavy atom. The first-order chi connectivity index (χ1) is 10.7. The molecule has 1 aliphatic heterocycles. The number of aliphatic imine (C=N–C) groups is 1. The lowest BCUT2D eigenvalue weighted by atomic mass is 9.93. The van der Waals surface area contributed by atoms with Gasteiger partial charge in [0.2, 0.25) is 0 Å². The molecule has 0 aromatic carbocycles. The molecule has 0 aliphatic carbocycles. The van der Waals surface area contributed by atoms with Gasteiger partial charge in [-0.05, 0) is 38.8 Å². The second kappa shape index (κ2) is 13.2. The summed E-state index contributed by atoms with van der Waals surface area (Å²) >= 11 is 0. The second-order valence-corrected chi connectivity index (χ2v) is 6.34. The zero-order valence-corrected chi connectivity index (χ0v) is 17.9. The van der Waals surface area contributed by atoms with Crippen LogP contribution < -0.4 is 10.6 Å². The van der Waals surface area contributed by atoms with E-state index in [1.54, 1.807) is 7.11 Å². The minimum Gasteiger partial charge on any atom is -0.383 e. The van der Waals surface area contributed by atoms with Gasteiger partial charge < -0.3 is 15.4 Å². The zero-order valence-electron chi connectivity index (χ0n) is 15.6. The first kappa shape index (κ1) is 22.9. The van der Waals surface area contributed by atoms with Crippen LogP contribution in [-0.4, -0.2) is 63.3 Å². The van der Waals surface area contributed by atoms with Crippen molar-refractivity contribution >= 4 is 29.9 Å². The van der Waals surface area contributed by atoms with Crippen LogP contribution in [0.15, 0.2) is 4.99 Å². The van der Waals surface area contributed by atoms with Crippen LogP contribution in [0.1, 0.15) is 46.5 Å². The standard InChI is InChI=1S/C17H36N4O.HI/c1-6-15(7-2)16(21-10-8-9-11-21)12-19-17(18-4)20-14(3)13-22-5;/h14-16H,6-13H2,1-5H3,(H2,18,19,20);1H. The summed E-state index contributed by atoms with van der Waals surface area (Å²) in [7, 11) is 3.56. The number of guanidine groups is 1. The summed E-state index contributed by atoms with van der Waals surface area (Å²) in [6.45, 7) is 10.9. The molecular weight excluding hydrogens is 403 g/mol. The van der Waals surface area contributed by atoms with Gasteiger partial charge in [-0.2, -0.15) is 0 Å². The summed E-state index contributed by atoms with van der Waals surface area (Å²) < 4.78 is 5.18. The largest absolute Gasteiger partial charge is 0.383 e. The third kappa shape index (κ3) is 8.03. The number of rotatable bonds is 9. The van der Waals surface area contributed by atoms with Crippen molar-refractivity contribution in [1.29, 1.82) is 0 Å². The van der Waals surface area contributed by atoms with Crippen LogP contribution in [0.5, 0.6) is 0 Å². The molecule has 0 spiro atoms. The fraction of sp³-hybridized carbons (Fsp3) is 0.941. The molecule has 0 radical (unpaired) electrons. The SMILES string of the molecule is CCC(CC)C(CNC(=NC)NC(C)COC)N1CCCC1.I. The number of nitrogens with one attached hydrogen (secondary N) is 2. The van der Waals surface area contributed by atoms with Gasteiger partial charge >= 0.3 is 0 Å². The molecule has 2 N–H and O–H groups in total. The average Bonchev–Trinajstić information content (AvgIpc) is 3.04. The molecule has 1 heterocycles. The van der Waals surface area contributed by atoms with E-state index in [1.807, 2.05) is 7.05 Å². The fourth-order valence-corrected chi connectivity index (χ4v) is 3.42. The molecule has 2 atom stereocenters. The van der Waals surface area contributed by atoms with Crippen molar-refractivity contribution in [1.82, 2.24) is 15.5 Å². The van der Waals surface area contributed by atoms with Gasteiger partial charge in [0.25, 0.3) is 0 Å². The quantitative estimate of drug-likeness (QED) is 0.329. The number of methoxy groups -OCH3 is 1. The van der Waals surface area contributed by atoms with Crippen molar-refractivity contribution in [3.05, 3.63) is 0 Å². The Hall–Kier alpha value is -0.0800. The third-order valence-corrected chi connectivity index (χ3v) is 4.70. The molecule has 1 aliphatic rings. The summed E-state index contributed by atoms with van der Waals surface area (Å²) in [6, 6.07) is 0.864. The fourth-order valence-electron chi connectivity index (χ4n) is 3.42. The molecule has 23 heavy (non-hydrogen) atoms. The van der Waals surface area contributed by atoms with Crippen molar-refractivity contribution in [3.63, 3.8) is 0 Å². The molecule has 5 nitrogen and oxygen atoms in total. The predicted octanol–water partition coefficient (Wildman–Crippen LogP) is 2.70. The zero-order chi connectivity index (χ0) is 16.4. The molecule has 0 bridgehead atoms. The van der Waals surface area contributed by atoms with Gasteiger partial charge in [-0.1, -0.05) is 26.7 Å². The molecule has 1 saturated heterocycles. The molecular formula is C17H37IN4O. The number of likely N-dealkylation sites (tertiary alicyclic amines) is 1. The third-order valence-electron chi connectivity index (χ3n) is 4.70. The molecule has 0 aromatic heterocycles. The Morgan fingerprint density at radius 2 is 1.83 bits per heavy atom. The minimum atomic E-state index is 0. The van der Waals surface area contributed by atoms with Crippen LogP contribution in [0.4, 0.5) is 0 Å². The highest BCUT2D eigenvalue weighted by Crippen LogP contribution is 2.22. The normalized spacial score (nSPS) is 18.6. The van der Waals surface area contributed by atoms with Gasteiger partial charge in [0.1, 0.15) is 0 Å². The van der Waals surface area contributed by atoms with E-state index in [9.17, 15) is 0 Å². The Balaban J connectivity index is 0.00000484. The minimum absolute atomic E-state index is 0. The Labute approximate surface area is 160 Å². The molecule has 0 aromatic rings. The number of hydrogen-bond donors (Lipinski definition) is 2. The monoisotopic (exact) mass is 440 g/mol. The van der Waals surface area contributed by atoms with Crippen LogP contribution in [0.25, 0.3) is 0 Å². The maximum Gasteiger partial charge on any atom is 0.191 e. The second-order valence-electron chi connectivity index (χ2n) is 6.34. The van der Waals surface area contributed by atoms with Gasteiger partial charge in [-0.15, -0.1) is 24.0 Å². The van der Waals surface area contributed by atoms with Gasteiger partial charge in [-0.25, -0.2) is 0 Å². The molecule has 6 heteroatoms. The predicted molar refractivity (Wildman–Crippen MR) is 110 cm³/mol. The molecule has 0 amide bonds. The Kier molecular flexibility index (Phi) is 13.2. The molecule has 1 rings (SSSR count). The van der Waals surface area contributed by atoms with Crippen LogP contribution in [0, 0.1) is 5.92 Å². The highest BCUT2D eigenvalue weighted by atomic mass is 127. The van der Waals surface area contributed by atoms with Gasteiger partial charge in [0, 0.05) is 32.8 Å². The van der Waals surface area contributed by atoms with Gasteiger partial charge in [-0.3, -0.25) is 9.89 Å². The van der Waals surface area contributed by atoms with Crippen LogP contribution in [0.2, 0.25) is 0 Å². The van der Waals surface area contributed by atoms with Crippen molar-refractivity contribution in [2.75, 3.05) is 40.4 Å². The smallest absolute Gasteiger partial charge is 0.191 e. The Bertz CT molecular complexity index is 316. The van der Waals surface area contributed by atoms with E-state index in [0.717, 1.165) is 18.4 Å². The van der Waals surface area contributed by atoms with Crippen LogP contribution in [0.3, 0.4) is 0 Å². The number of nitrogens with zero attached hydrogens (tertiary/aromatic N) is 2. The van der Waals surface area contributed by atoms with E-state index < -0.39 is 0 Å². The Morgan fingerprint density at radius 1 is 1.22 bits per heavy atom. The summed E-state index contributed by atoms with van der Waals surface area (Å²) in [6.07, 6.45) is 5.17. The van der Waals surface area contributed by atoms with E-state index >= 15 is 0 Å². The van der Waals surface area contributed by atoms with Crippen LogP contribution >= 0.6 is 24.0 Å². The van der Waals surface area contributed by atoms with Gasteiger partial charge in [0.05, 0.1) is 6.61 Å². The van der Waals surface area contributed by atoms with Crippen LogP contribution in [-0.2, 0) is 4.74 Å². The van der Waals surface area contributed by atoms with Gasteiger partial charge in [0.15, 0.2) is 5.96 Å². The summed E-state index contributed by atoms with van der Waals surface area (Å²) in [5.74, 6) is 1.62. The van der Waals surface area contributed by atoms with E-state index in [4.69, 9.17) is 4.74 Å².